The first-order chi connectivity index (χ1) is 5.36. The topological polar surface area (TPSA) is 12.4 Å². The Morgan fingerprint density at radius 3 is 3.00 bits per heavy atom. The SMILES string of the molecule is CC1=Cc2ccccc2[C+]=N1. The number of aliphatic imine (C=N–C) groups is 1. The molecule has 1 aliphatic rings. The van der Waals surface area contributed by atoms with Gasteiger partial charge in [0.05, 0.1) is 11.6 Å². The highest BCUT2D eigenvalue weighted by Crippen LogP contribution is 2.15. The fraction of sp³-hybridized carbons (Fsp3) is 0.100. The molecule has 0 atom stereocenters. The smallest absolute Gasteiger partial charge is 0.104 e. The van der Waals surface area contributed by atoms with Gasteiger partial charge in [-0.05, 0) is 18.2 Å². The maximum absolute atomic E-state index is 4.08. The minimum absolute atomic E-state index is 1.02. The first kappa shape index (κ1) is 6.26. The number of allylic oxidation sites excluding steroid dienone is 1. The number of hydrogen-bond donors (Lipinski definition) is 0. The van der Waals surface area contributed by atoms with Crippen LogP contribution in [0, 0.1) is 0 Å². The number of rotatable bonds is 0. The van der Waals surface area contributed by atoms with E-state index >= 15 is 0 Å². The van der Waals surface area contributed by atoms with E-state index in [2.05, 4.69) is 23.3 Å². The predicted octanol–water partition coefficient (Wildman–Crippen LogP) is 2.36. The lowest BCUT2D eigenvalue weighted by Crippen LogP contribution is -1.91. The van der Waals surface area contributed by atoms with Crippen LogP contribution in [0.4, 0.5) is 0 Å². The lowest BCUT2D eigenvalue weighted by molar-refractivity contribution is 1.32. The van der Waals surface area contributed by atoms with Crippen LogP contribution in [0.2, 0.25) is 0 Å². The van der Waals surface area contributed by atoms with E-state index < -0.39 is 0 Å². The molecule has 1 aliphatic heterocycles. The second-order valence-corrected chi connectivity index (χ2v) is 2.60. The molecule has 11 heavy (non-hydrogen) atoms. The summed E-state index contributed by atoms with van der Waals surface area (Å²) in [6.45, 7) is 1.98. The monoisotopic (exact) mass is 142 g/mol. The molecule has 1 nitrogen and oxygen atoms in total. The largest absolute Gasteiger partial charge is 0.175 e. The highest BCUT2D eigenvalue weighted by molar-refractivity contribution is 5.89. The fourth-order valence-corrected chi connectivity index (χ4v) is 1.13. The highest BCUT2D eigenvalue weighted by atomic mass is 14.7. The van der Waals surface area contributed by atoms with Gasteiger partial charge in [-0.25, -0.2) is 0 Å². The molecule has 0 N–H and O–H groups in total. The van der Waals surface area contributed by atoms with Crippen LogP contribution in [-0.4, -0.2) is 6.21 Å². The van der Waals surface area contributed by atoms with Gasteiger partial charge in [0.25, 0.3) is 0 Å². The number of fused-ring (bicyclic) bond motifs is 1. The van der Waals surface area contributed by atoms with Gasteiger partial charge < -0.3 is 0 Å². The van der Waals surface area contributed by atoms with Crippen molar-refractivity contribution < 1.29 is 0 Å². The third-order valence-electron chi connectivity index (χ3n) is 1.68. The van der Waals surface area contributed by atoms with E-state index in [1.165, 1.54) is 5.56 Å². The van der Waals surface area contributed by atoms with Crippen molar-refractivity contribution in [3.8, 4) is 0 Å². The molecule has 1 heterocycles. The predicted molar refractivity (Wildman–Crippen MR) is 46.6 cm³/mol. The summed E-state index contributed by atoms with van der Waals surface area (Å²) in [5.41, 5.74) is 3.31. The van der Waals surface area contributed by atoms with Crippen molar-refractivity contribution in [1.29, 1.82) is 0 Å². The molecule has 0 radical (unpaired) electrons. The second kappa shape index (κ2) is 2.30. The maximum Gasteiger partial charge on any atom is 0.175 e. The maximum atomic E-state index is 4.08. The standard InChI is InChI=1S/C10H8N/c1-8-6-9-4-2-3-5-10(9)7-11-8/h2-6H,1H3/q+1. The number of hydrogen-bond acceptors (Lipinski definition) is 1. The van der Waals surface area contributed by atoms with Gasteiger partial charge in [0.1, 0.15) is 11.9 Å². The molecule has 1 aromatic rings. The highest BCUT2D eigenvalue weighted by Gasteiger charge is 2.10. The van der Waals surface area contributed by atoms with Crippen LogP contribution >= 0.6 is 0 Å². The Bertz CT molecular complexity index is 334. The van der Waals surface area contributed by atoms with Crippen LogP contribution in [0.15, 0.2) is 35.0 Å². The molecule has 52 valence electrons. The summed E-state index contributed by atoms with van der Waals surface area (Å²) in [6, 6.07) is 8.10. The average molecular weight is 142 g/mol. The number of nitrogens with zero attached hydrogens (tertiary/aromatic N) is 1. The normalized spacial score (nSPS) is 13.4. The molecule has 0 fully saturated rings. The lowest BCUT2D eigenvalue weighted by Gasteiger charge is -1.94. The zero-order valence-electron chi connectivity index (χ0n) is 6.33. The van der Waals surface area contributed by atoms with E-state index in [0.29, 0.717) is 0 Å². The van der Waals surface area contributed by atoms with Crippen molar-refractivity contribution >= 4 is 12.3 Å². The Labute approximate surface area is 66.1 Å². The molecule has 0 spiro atoms. The van der Waals surface area contributed by atoms with E-state index in [0.717, 1.165) is 11.3 Å². The summed E-state index contributed by atoms with van der Waals surface area (Å²) >= 11 is 0. The van der Waals surface area contributed by atoms with Crippen LogP contribution in [-0.2, 0) is 0 Å². The molecule has 0 aliphatic carbocycles. The second-order valence-electron chi connectivity index (χ2n) is 2.60. The van der Waals surface area contributed by atoms with Gasteiger partial charge in [-0.3, -0.25) is 0 Å². The van der Waals surface area contributed by atoms with Gasteiger partial charge in [-0.1, -0.05) is 0 Å². The summed E-state index contributed by atoms with van der Waals surface area (Å²) in [6.07, 6.45) is 5.03. The third kappa shape index (κ3) is 1.06. The van der Waals surface area contributed by atoms with Gasteiger partial charge in [-0.15, -0.1) is 4.99 Å². The summed E-state index contributed by atoms with van der Waals surface area (Å²) in [5.74, 6) is 0. The average Bonchev–Trinajstić information content (AvgIpc) is 2.04. The van der Waals surface area contributed by atoms with Crippen molar-refractivity contribution in [2.45, 2.75) is 6.92 Å². The zero-order valence-corrected chi connectivity index (χ0v) is 6.33. The first-order valence-electron chi connectivity index (χ1n) is 3.60. The van der Waals surface area contributed by atoms with Crippen molar-refractivity contribution in [1.82, 2.24) is 0 Å². The van der Waals surface area contributed by atoms with Crippen LogP contribution in [0.25, 0.3) is 6.08 Å². The molecule has 0 amide bonds. The molecule has 1 heteroatoms. The van der Waals surface area contributed by atoms with Gasteiger partial charge in [0.15, 0.2) is 5.56 Å². The van der Waals surface area contributed by atoms with E-state index in [4.69, 9.17) is 0 Å². The summed E-state index contributed by atoms with van der Waals surface area (Å²) < 4.78 is 0. The summed E-state index contributed by atoms with van der Waals surface area (Å²) in [5, 5.41) is 0. The Hall–Kier alpha value is -1.46. The van der Waals surface area contributed by atoms with E-state index in [-0.39, 0.29) is 0 Å². The molecule has 1 aromatic carbocycles. The van der Waals surface area contributed by atoms with Crippen molar-refractivity contribution in [3.63, 3.8) is 0 Å². The van der Waals surface area contributed by atoms with E-state index in [1.54, 1.807) is 0 Å². The fourth-order valence-electron chi connectivity index (χ4n) is 1.13. The molecule has 2 rings (SSSR count). The molecule has 0 aromatic heterocycles. The van der Waals surface area contributed by atoms with Crippen LogP contribution < -0.4 is 0 Å². The number of benzene rings is 1. The Morgan fingerprint density at radius 1 is 1.27 bits per heavy atom. The summed E-state index contributed by atoms with van der Waals surface area (Å²) in [4.78, 5) is 4.08. The van der Waals surface area contributed by atoms with Crippen LogP contribution in [0.1, 0.15) is 18.1 Å². The van der Waals surface area contributed by atoms with Crippen molar-refractivity contribution in [2.24, 2.45) is 4.99 Å². The molecule has 0 unspecified atom stereocenters. The van der Waals surface area contributed by atoms with Crippen molar-refractivity contribution in [2.75, 3.05) is 0 Å². The molecule has 0 saturated heterocycles. The third-order valence-corrected chi connectivity index (χ3v) is 1.68. The lowest BCUT2D eigenvalue weighted by atomic mass is 10.1. The Kier molecular flexibility index (Phi) is 1.31. The Balaban J connectivity index is 2.61. The van der Waals surface area contributed by atoms with Crippen molar-refractivity contribution in [3.05, 3.63) is 41.1 Å². The first-order valence-corrected chi connectivity index (χ1v) is 3.60. The van der Waals surface area contributed by atoms with Crippen LogP contribution in [0.5, 0.6) is 0 Å². The van der Waals surface area contributed by atoms with Gasteiger partial charge in [0, 0.05) is 13.0 Å². The van der Waals surface area contributed by atoms with E-state index in [9.17, 15) is 0 Å². The quantitative estimate of drug-likeness (QED) is 0.493. The minimum Gasteiger partial charge on any atom is -0.104 e. The minimum atomic E-state index is 1.02. The molecule has 0 bridgehead atoms. The van der Waals surface area contributed by atoms with Gasteiger partial charge in [-0.2, -0.15) is 0 Å². The van der Waals surface area contributed by atoms with Gasteiger partial charge in [0.2, 0.25) is 0 Å². The molecule has 0 saturated carbocycles. The van der Waals surface area contributed by atoms with E-state index in [1.807, 2.05) is 25.1 Å². The van der Waals surface area contributed by atoms with Gasteiger partial charge >= 0.3 is 0 Å². The molecular weight excluding hydrogens is 134 g/mol. The zero-order chi connectivity index (χ0) is 7.68. The summed E-state index contributed by atoms with van der Waals surface area (Å²) in [7, 11) is 0. The Morgan fingerprint density at radius 2 is 2.09 bits per heavy atom. The molecular formula is C10H8N+. The van der Waals surface area contributed by atoms with Crippen LogP contribution in [0.3, 0.4) is 0 Å².